The Morgan fingerprint density at radius 1 is 1.27 bits per heavy atom. The molecule has 1 aliphatic rings. The maximum atomic E-state index is 4.94. The molecule has 0 aliphatic carbocycles. The van der Waals surface area contributed by atoms with Crippen LogP contribution >= 0.6 is 24.0 Å². The van der Waals surface area contributed by atoms with E-state index in [-0.39, 0.29) is 30.0 Å². The summed E-state index contributed by atoms with van der Waals surface area (Å²) in [5.74, 6) is 1.89. The Hall–Kier alpha value is -1.68. The highest BCUT2D eigenvalue weighted by atomic mass is 127. The van der Waals surface area contributed by atoms with Crippen molar-refractivity contribution in [3.05, 3.63) is 48.0 Å². The van der Waals surface area contributed by atoms with Gasteiger partial charge in [-0.05, 0) is 38.4 Å². The summed E-state index contributed by atoms with van der Waals surface area (Å²) in [5, 5.41) is 15.3. The fourth-order valence-electron chi connectivity index (χ4n) is 3.93. The third kappa shape index (κ3) is 6.94. The Bertz CT molecular complexity index is 762. The van der Waals surface area contributed by atoms with Crippen LogP contribution in [0.25, 0.3) is 0 Å². The number of rotatable bonds is 9. The number of nitrogens with one attached hydrogen (secondary N) is 2. The fourth-order valence-corrected chi connectivity index (χ4v) is 3.93. The van der Waals surface area contributed by atoms with Gasteiger partial charge in [-0.3, -0.25) is 9.89 Å². The molecule has 2 aromatic rings. The molecule has 2 heterocycles. The van der Waals surface area contributed by atoms with Crippen molar-refractivity contribution in [3.8, 4) is 0 Å². The Balaban J connectivity index is 0.00000320. The van der Waals surface area contributed by atoms with Crippen LogP contribution in [0.4, 0.5) is 0 Å². The summed E-state index contributed by atoms with van der Waals surface area (Å²) in [4.78, 5) is 7.48. The van der Waals surface area contributed by atoms with E-state index in [4.69, 9.17) is 4.99 Å². The molecule has 3 rings (SSSR count). The summed E-state index contributed by atoms with van der Waals surface area (Å²) >= 11 is 0. The molecular formula is C22H36IN7. The molecule has 166 valence electrons. The Kier molecular flexibility index (Phi) is 10.6. The molecule has 0 spiro atoms. The summed E-state index contributed by atoms with van der Waals surface area (Å²) in [7, 11) is 0. The topological polar surface area (TPSA) is 70.4 Å². The number of hydrogen-bond acceptors (Lipinski definition) is 4. The highest BCUT2D eigenvalue weighted by molar-refractivity contribution is 14.0. The number of likely N-dealkylation sites (tertiary alicyclic amines) is 1. The largest absolute Gasteiger partial charge is 0.355 e. The van der Waals surface area contributed by atoms with Gasteiger partial charge in [-0.15, -0.1) is 34.2 Å². The molecule has 30 heavy (non-hydrogen) atoms. The molecule has 8 heteroatoms. The van der Waals surface area contributed by atoms with Gasteiger partial charge in [0.2, 0.25) is 0 Å². The number of benzene rings is 1. The first-order chi connectivity index (χ1) is 14.2. The molecular weight excluding hydrogens is 489 g/mol. The van der Waals surface area contributed by atoms with E-state index >= 15 is 0 Å². The maximum absolute atomic E-state index is 4.94. The first kappa shape index (κ1) is 24.6. The van der Waals surface area contributed by atoms with Gasteiger partial charge in [0.1, 0.15) is 12.2 Å². The Morgan fingerprint density at radius 2 is 2.07 bits per heavy atom. The number of hydrogen-bond donors (Lipinski definition) is 2. The first-order valence-electron chi connectivity index (χ1n) is 10.9. The number of aromatic nitrogens is 3. The van der Waals surface area contributed by atoms with E-state index in [1.807, 2.05) is 6.07 Å². The van der Waals surface area contributed by atoms with Crippen molar-refractivity contribution < 1.29 is 0 Å². The van der Waals surface area contributed by atoms with Crippen LogP contribution in [-0.2, 0) is 13.0 Å². The summed E-state index contributed by atoms with van der Waals surface area (Å²) in [6, 6.07) is 11.2. The van der Waals surface area contributed by atoms with Gasteiger partial charge in [-0.1, -0.05) is 44.2 Å². The van der Waals surface area contributed by atoms with Gasteiger partial charge in [0.25, 0.3) is 0 Å². The summed E-state index contributed by atoms with van der Waals surface area (Å²) in [6.07, 6.45) is 5.20. The van der Waals surface area contributed by atoms with E-state index < -0.39 is 0 Å². The number of likely N-dealkylation sites (N-methyl/N-ethyl adjacent to an activating group) is 1. The lowest BCUT2D eigenvalue weighted by molar-refractivity contribution is 0.273. The third-order valence-electron chi connectivity index (χ3n) is 5.68. The van der Waals surface area contributed by atoms with Gasteiger partial charge in [0.15, 0.2) is 5.96 Å². The van der Waals surface area contributed by atoms with Crippen molar-refractivity contribution in [1.29, 1.82) is 0 Å². The smallest absolute Gasteiger partial charge is 0.191 e. The van der Waals surface area contributed by atoms with E-state index in [0.29, 0.717) is 6.04 Å². The van der Waals surface area contributed by atoms with Gasteiger partial charge in [0.05, 0.1) is 12.6 Å². The summed E-state index contributed by atoms with van der Waals surface area (Å²) in [5.41, 5.74) is 1.25. The molecule has 0 radical (unpaired) electrons. The van der Waals surface area contributed by atoms with Crippen LogP contribution in [-0.4, -0.2) is 57.8 Å². The molecule has 2 atom stereocenters. The molecule has 1 aromatic heterocycles. The van der Waals surface area contributed by atoms with Crippen LogP contribution in [0.5, 0.6) is 0 Å². The first-order valence-corrected chi connectivity index (χ1v) is 10.9. The fraction of sp³-hybridized carbons (Fsp3) is 0.591. The van der Waals surface area contributed by atoms with Crippen molar-refractivity contribution in [3.63, 3.8) is 0 Å². The van der Waals surface area contributed by atoms with Crippen LogP contribution < -0.4 is 10.6 Å². The zero-order valence-corrected chi connectivity index (χ0v) is 20.8. The molecule has 1 fully saturated rings. The molecule has 1 aromatic carbocycles. The minimum absolute atomic E-state index is 0. The van der Waals surface area contributed by atoms with E-state index in [2.05, 4.69) is 75.3 Å². The molecule has 0 saturated carbocycles. The van der Waals surface area contributed by atoms with Crippen molar-refractivity contribution in [2.45, 2.75) is 58.7 Å². The van der Waals surface area contributed by atoms with Gasteiger partial charge < -0.3 is 15.2 Å². The lowest BCUT2D eigenvalue weighted by Gasteiger charge is -2.23. The maximum Gasteiger partial charge on any atom is 0.191 e. The average Bonchev–Trinajstić information content (AvgIpc) is 3.41. The van der Waals surface area contributed by atoms with Crippen molar-refractivity contribution in [2.24, 2.45) is 4.99 Å². The lowest BCUT2D eigenvalue weighted by atomic mass is 10.1. The van der Waals surface area contributed by atoms with E-state index in [0.717, 1.165) is 44.4 Å². The van der Waals surface area contributed by atoms with E-state index in [9.17, 15) is 0 Å². The number of aryl methyl sites for hydroxylation is 1. The second-order valence-electron chi connectivity index (χ2n) is 7.61. The normalized spacial score (nSPS) is 18.1. The van der Waals surface area contributed by atoms with Crippen molar-refractivity contribution >= 4 is 29.9 Å². The summed E-state index contributed by atoms with van der Waals surface area (Å²) in [6.45, 7) is 11.2. The highest BCUT2D eigenvalue weighted by Gasteiger charge is 2.22. The van der Waals surface area contributed by atoms with Gasteiger partial charge in [0, 0.05) is 25.6 Å². The minimum Gasteiger partial charge on any atom is -0.355 e. The lowest BCUT2D eigenvalue weighted by Crippen LogP contribution is -2.41. The predicted molar refractivity (Wildman–Crippen MR) is 133 cm³/mol. The van der Waals surface area contributed by atoms with Crippen LogP contribution in [0.3, 0.4) is 0 Å². The van der Waals surface area contributed by atoms with Gasteiger partial charge in [-0.2, -0.15) is 0 Å². The molecule has 2 unspecified atom stereocenters. The Morgan fingerprint density at radius 3 is 2.80 bits per heavy atom. The standard InChI is InChI=1S/C22H35N7.HI/c1-4-21-27-25-17-29(21)15-13-23-22(24-16-20-12-9-14-28(20)5-2)26-18(3)19-10-7-6-8-11-19;/h6-8,10-11,17-18,20H,4-5,9,12-16H2,1-3H3,(H2,23,24,26);1H. The van der Waals surface area contributed by atoms with Crippen LogP contribution in [0.1, 0.15) is 51.0 Å². The second-order valence-corrected chi connectivity index (χ2v) is 7.61. The average molecular weight is 525 g/mol. The van der Waals surface area contributed by atoms with Crippen LogP contribution in [0.2, 0.25) is 0 Å². The van der Waals surface area contributed by atoms with Crippen molar-refractivity contribution in [2.75, 3.05) is 26.2 Å². The number of halogens is 1. The number of aliphatic imine (C=N–C) groups is 1. The van der Waals surface area contributed by atoms with Gasteiger partial charge >= 0.3 is 0 Å². The molecule has 1 aliphatic heterocycles. The van der Waals surface area contributed by atoms with Crippen LogP contribution in [0, 0.1) is 0 Å². The molecule has 0 bridgehead atoms. The minimum atomic E-state index is 0. The molecule has 0 amide bonds. The highest BCUT2D eigenvalue weighted by Crippen LogP contribution is 2.17. The van der Waals surface area contributed by atoms with E-state index in [1.165, 1.54) is 24.9 Å². The van der Waals surface area contributed by atoms with Gasteiger partial charge in [-0.25, -0.2) is 0 Å². The molecule has 7 nitrogen and oxygen atoms in total. The molecule has 1 saturated heterocycles. The second kappa shape index (κ2) is 12.9. The Labute approximate surface area is 197 Å². The zero-order valence-electron chi connectivity index (χ0n) is 18.4. The van der Waals surface area contributed by atoms with Crippen LogP contribution in [0.15, 0.2) is 41.7 Å². The number of guanidine groups is 1. The SMILES string of the molecule is CCc1nncn1CCNC(=NCC1CCCN1CC)NC(C)c1ccccc1.I. The third-order valence-corrected chi connectivity index (χ3v) is 5.68. The number of nitrogens with zero attached hydrogens (tertiary/aromatic N) is 5. The summed E-state index contributed by atoms with van der Waals surface area (Å²) < 4.78 is 2.10. The van der Waals surface area contributed by atoms with E-state index in [1.54, 1.807) is 6.33 Å². The van der Waals surface area contributed by atoms with Crippen molar-refractivity contribution in [1.82, 2.24) is 30.3 Å². The zero-order chi connectivity index (χ0) is 20.5. The predicted octanol–water partition coefficient (Wildman–Crippen LogP) is 3.24. The monoisotopic (exact) mass is 525 g/mol. The quantitative estimate of drug-likeness (QED) is 0.299. The molecule has 2 N–H and O–H groups in total.